The van der Waals surface area contributed by atoms with E-state index in [2.05, 4.69) is 47.7 Å². The molecule has 2 N–H and O–H groups in total. The molecule has 0 saturated heterocycles. The Morgan fingerprint density at radius 1 is 0.889 bits per heavy atom. The van der Waals surface area contributed by atoms with E-state index in [9.17, 15) is 4.79 Å². The van der Waals surface area contributed by atoms with E-state index in [0.717, 1.165) is 11.4 Å². The summed E-state index contributed by atoms with van der Waals surface area (Å²) in [5.74, 6) is 1.01. The molecule has 27 heavy (non-hydrogen) atoms. The highest BCUT2D eigenvalue weighted by molar-refractivity contribution is 6.03. The number of aryl methyl sites for hydroxylation is 2. The second kappa shape index (κ2) is 6.99. The minimum absolute atomic E-state index is 0.198. The Morgan fingerprint density at radius 3 is 2.37 bits per heavy atom. The summed E-state index contributed by atoms with van der Waals surface area (Å²) < 4.78 is 10.6. The Morgan fingerprint density at radius 2 is 1.63 bits per heavy atom. The molecule has 0 aliphatic carbocycles. The number of hydrogen-bond acceptors (Lipinski definition) is 5. The molecule has 6 heteroatoms. The molecule has 0 fully saturated rings. The molecule has 6 nitrogen and oxygen atoms in total. The van der Waals surface area contributed by atoms with Gasteiger partial charge < -0.3 is 20.1 Å². The lowest BCUT2D eigenvalue weighted by atomic mass is 10.1. The van der Waals surface area contributed by atoms with Crippen LogP contribution in [0.5, 0.6) is 11.5 Å². The number of amides is 1. The fraction of sp³-hybridized carbons (Fsp3) is 0.143. The molecule has 0 saturated carbocycles. The maximum absolute atomic E-state index is 12.4. The molecule has 0 bridgehead atoms. The van der Waals surface area contributed by atoms with E-state index in [-0.39, 0.29) is 12.7 Å². The van der Waals surface area contributed by atoms with Crippen LogP contribution in [0.15, 0.2) is 54.7 Å². The fourth-order valence-electron chi connectivity index (χ4n) is 2.99. The summed E-state index contributed by atoms with van der Waals surface area (Å²) in [4.78, 5) is 16.7. The molecule has 1 aliphatic heterocycles. The topological polar surface area (TPSA) is 72.5 Å². The first-order chi connectivity index (χ1) is 13.1. The second-order valence-electron chi connectivity index (χ2n) is 6.46. The van der Waals surface area contributed by atoms with E-state index < -0.39 is 0 Å². The van der Waals surface area contributed by atoms with E-state index >= 15 is 0 Å². The van der Waals surface area contributed by atoms with Crippen LogP contribution in [0.4, 0.5) is 17.1 Å². The fourth-order valence-corrected chi connectivity index (χ4v) is 2.99. The van der Waals surface area contributed by atoms with Crippen molar-refractivity contribution in [2.45, 2.75) is 13.8 Å². The van der Waals surface area contributed by atoms with Gasteiger partial charge in [0.05, 0.1) is 11.9 Å². The number of anilines is 3. The zero-order valence-corrected chi connectivity index (χ0v) is 15.1. The van der Waals surface area contributed by atoms with Crippen LogP contribution in [0, 0.1) is 13.8 Å². The molecule has 0 unspecified atom stereocenters. The van der Waals surface area contributed by atoms with Crippen LogP contribution in [-0.4, -0.2) is 17.7 Å². The van der Waals surface area contributed by atoms with Gasteiger partial charge in [-0.2, -0.15) is 0 Å². The third kappa shape index (κ3) is 3.84. The largest absolute Gasteiger partial charge is 0.454 e. The molecule has 3 aromatic rings. The number of benzene rings is 2. The van der Waals surface area contributed by atoms with Crippen LogP contribution in [-0.2, 0) is 0 Å². The van der Waals surface area contributed by atoms with Crippen molar-refractivity contribution in [1.29, 1.82) is 0 Å². The van der Waals surface area contributed by atoms with Gasteiger partial charge in [0, 0.05) is 17.4 Å². The number of carbonyl (C=O) groups excluding carboxylic acids is 1. The number of fused-ring (bicyclic) bond motifs is 1. The lowest BCUT2D eigenvalue weighted by molar-refractivity contribution is 0.102. The zero-order valence-electron chi connectivity index (χ0n) is 15.1. The number of aromatic nitrogens is 1. The molecule has 4 rings (SSSR count). The molecular formula is C21H19N3O3. The van der Waals surface area contributed by atoms with Gasteiger partial charge in [-0.25, -0.2) is 4.98 Å². The van der Waals surface area contributed by atoms with Crippen LogP contribution in [0.25, 0.3) is 0 Å². The average molecular weight is 361 g/mol. The zero-order chi connectivity index (χ0) is 18.8. The van der Waals surface area contributed by atoms with Gasteiger partial charge >= 0.3 is 0 Å². The van der Waals surface area contributed by atoms with Gasteiger partial charge in [0.2, 0.25) is 6.79 Å². The Bertz CT molecular complexity index is 980. The number of ether oxygens (including phenoxy) is 2. The Kier molecular flexibility index (Phi) is 4.38. The number of hydrogen-bond donors (Lipinski definition) is 2. The van der Waals surface area contributed by atoms with Crippen LogP contribution < -0.4 is 20.1 Å². The Balaban J connectivity index is 1.44. The second-order valence-corrected chi connectivity index (χ2v) is 6.46. The highest BCUT2D eigenvalue weighted by Crippen LogP contribution is 2.34. The highest BCUT2D eigenvalue weighted by atomic mass is 16.7. The van der Waals surface area contributed by atoms with Crippen molar-refractivity contribution < 1.29 is 14.3 Å². The molecule has 0 atom stereocenters. The maximum atomic E-state index is 12.4. The molecule has 2 aromatic carbocycles. The number of nitrogens with zero attached hydrogens (tertiary/aromatic N) is 1. The van der Waals surface area contributed by atoms with Gasteiger partial charge in [-0.1, -0.05) is 6.07 Å². The number of rotatable bonds is 4. The van der Waals surface area contributed by atoms with Crippen LogP contribution in [0.2, 0.25) is 0 Å². The van der Waals surface area contributed by atoms with Crippen molar-refractivity contribution in [3.63, 3.8) is 0 Å². The molecule has 1 aliphatic rings. The molecule has 1 aromatic heterocycles. The van der Waals surface area contributed by atoms with Gasteiger partial charge in [-0.15, -0.1) is 0 Å². The van der Waals surface area contributed by atoms with Crippen molar-refractivity contribution >= 4 is 23.0 Å². The summed E-state index contributed by atoms with van der Waals surface area (Å²) in [5.41, 5.74) is 5.14. The quantitative estimate of drug-likeness (QED) is 0.719. The summed E-state index contributed by atoms with van der Waals surface area (Å²) in [6.45, 7) is 4.31. The summed E-state index contributed by atoms with van der Waals surface area (Å²) in [7, 11) is 0. The predicted molar refractivity (Wildman–Crippen MR) is 104 cm³/mol. The highest BCUT2D eigenvalue weighted by Gasteiger charge is 2.15. The predicted octanol–water partition coefficient (Wildman–Crippen LogP) is 4.42. The lowest BCUT2D eigenvalue weighted by Crippen LogP contribution is -2.13. The SMILES string of the molecule is Cc1cc(C)cc(Nc2ccc(C(=O)Nc3ccc4c(c3)OCO4)nc2)c1. The third-order valence-corrected chi connectivity index (χ3v) is 4.14. The third-order valence-electron chi connectivity index (χ3n) is 4.14. The standard InChI is InChI=1S/C21H19N3O3/c1-13-7-14(2)9-17(8-13)23-16-3-5-18(22-11-16)21(25)24-15-4-6-19-20(10-15)27-12-26-19/h3-11,23H,12H2,1-2H3,(H,24,25). The summed E-state index contributed by atoms with van der Waals surface area (Å²) in [6, 6.07) is 15.0. The summed E-state index contributed by atoms with van der Waals surface area (Å²) in [6.07, 6.45) is 1.65. The van der Waals surface area contributed by atoms with Crippen molar-refractivity contribution in [3.05, 3.63) is 71.5 Å². The van der Waals surface area contributed by atoms with Crippen LogP contribution >= 0.6 is 0 Å². The van der Waals surface area contributed by atoms with E-state index in [4.69, 9.17) is 9.47 Å². The first-order valence-corrected chi connectivity index (χ1v) is 8.59. The van der Waals surface area contributed by atoms with Gasteiger partial charge in [0.15, 0.2) is 11.5 Å². The average Bonchev–Trinajstić information content (AvgIpc) is 3.09. The van der Waals surface area contributed by atoms with Crippen LogP contribution in [0.1, 0.15) is 21.6 Å². The lowest BCUT2D eigenvalue weighted by Gasteiger charge is -2.09. The molecule has 0 radical (unpaired) electrons. The summed E-state index contributed by atoms with van der Waals surface area (Å²) >= 11 is 0. The van der Waals surface area contributed by atoms with Crippen molar-refractivity contribution in [2.75, 3.05) is 17.4 Å². The van der Waals surface area contributed by atoms with Gasteiger partial charge in [0.1, 0.15) is 5.69 Å². The van der Waals surface area contributed by atoms with E-state index in [0.29, 0.717) is 22.9 Å². The van der Waals surface area contributed by atoms with Gasteiger partial charge in [-0.3, -0.25) is 4.79 Å². The minimum Gasteiger partial charge on any atom is -0.454 e. The Labute approximate surface area is 157 Å². The Hall–Kier alpha value is -3.54. The van der Waals surface area contributed by atoms with Crippen molar-refractivity contribution in [3.8, 4) is 11.5 Å². The van der Waals surface area contributed by atoms with Crippen molar-refractivity contribution in [2.24, 2.45) is 0 Å². The number of pyridine rings is 1. The number of nitrogens with one attached hydrogen (secondary N) is 2. The molecule has 2 heterocycles. The van der Waals surface area contributed by atoms with E-state index in [1.165, 1.54) is 11.1 Å². The number of carbonyl (C=O) groups is 1. The molecule has 1 amide bonds. The van der Waals surface area contributed by atoms with Gasteiger partial charge in [-0.05, 0) is 61.4 Å². The molecule has 0 spiro atoms. The smallest absolute Gasteiger partial charge is 0.274 e. The van der Waals surface area contributed by atoms with Gasteiger partial charge in [0.25, 0.3) is 5.91 Å². The van der Waals surface area contributed by atoms with E-state index in [1.54, 1.807) is 30.5 Å². The van der Waals surface area contributed by atoms with E-state index in [1.807, 2.05) is 6.07 Å². The molecular weight excluding hydrogens is 342 g/mol. The molecule has 136 valence electrons. The first-order valence-electron chi connectivity index (χ1n) is 8.59. The first kappa shape index (κ1) is 16.9. The normalized spacial score (nSPS) is 11.9. The minimum atomic E-state index is -0.285. The van der Waals surface area contributed by atoms with Crippen molar-refractivity contribution in [1.82, 2.24) is 4.98 Å². The summed E-state index contributed by atoms with van der Waals surface area (Å²) in [5, 5.41) is 6.12. The maximum Gasteiger partial charge on any atom is 0.274 e. The van der Waals surface area contributed by atoms with Crippen LogP contribution in [0.3, 0.4) is 0 Å². The monoisotopic (exact) mass is 361 g/mol.